The summed E-state index contributed by atoms with van der Waals surface area (Å²) in [6.07, 6.45) is 0.634. The van der Waals surface area contributed by atoms with Crippen LogP contribution in [0.15, 0.2) is 103 Å². The summed E-state index contributed by atoms with van der Waals surface area (Å²) in [4.78, 5) is 47.0. The number of para-hydroxylation sites is 2. The van der Waals surface area contributed by atoms with Crippen LogP contribution in [0.5, 0.6) is 5.75 Å². The first-order chi connectivity index (χ1) is 21.5. The Bertz CT molecular complexity index is 1880. The highest BCUT2D eigenvalue weighted by atomic mass is 16.5. The lowest BCUT2D eigenvalue weighted by Gasteiger charge is -2.37. The normalized spacial score (nSPS) is 17.4. The van der Waals surface area contributed by atoms with E-state index in [0.29, 0.717) is 24.2 Å². The molecule has 5 aromatic rings. The van der Waals surface area contributed by atoms with Crippen molar-refractivity contribution in [3.8, 4) is 5.75 Å². The molecule has 44 heavy (non-hydrogen) atoms. The summed E-state index contributed by atoms with van der Waals surface area (Å²) in [6, 6.07) is 30.5. The third-order valence-corrected chi connectivity index (χ3v) is 8.72. The topological polar surface area (TPSA) is 104 Å². The van der Waals surface area contributed by atoms with Crippen LogP contribution in [0.2, 0.25) is 0 Å². The lowest BCUT2D eigenvalue weighted by atomic mass is 9.89. The third kappa shape index (κ3) is 4.78. The zero-order valence-electron chi connectivity index (χ0n) is 24.2. The molecule has 0 aliphatic carbocycles. The fourth-order valence-electron chi connectivity index (χ4n) is 6.62. The summed E-state index contributed by atoms with van der Waals surface area (Å²) in [5, 5.41) is 7.07. The molecule has 2 aliphatic heterocycles. The van der Waals surface area contributed by atoms with Crippen molar-refractivity contribution < 1.29 is 19.1 Å². The van der Waals surface area contributed by atoms with Gasteiger partial charge in [-0.15, -0.1) is 0 Å². The molecule has 1 aromatic heterocycles. The van der Waals surface area contributed by atoms with Gasteiger partial charge in [0.1, 0.15) is 17.8 Å². The predicted octanol–water partition coefficient (Wildman–Crippen LogP) is 4.69. The van der Waals surface area contributed by atoms with E-state index in [1.54, 1.807) is 12.0 Å². The number of ether oxygens (including phenoxy) is 1. The minimum absolute atomic E-state index is 0.185. The summed E-state index contributed by atoms with van der Waals surface area (Å²) in [6.45, 7) is 0.244. The van der Waals surface area contributed by atoms with Crippen molar-refractivity contribution in [3.63, 3.8) is 0 Å². The number of carbonyl (C=O) groups excluding carboxylic acids is 3. The number of nitrogens with zero attached hydrogens (tertiary/aromatic N) is 1. The number of aromatic nitrogens is 1. The smallest absolute Gasteiger partial charge is 0.255 e. The Balaban J connectivity index is 1.21. The van der Waals surface area contributed by atoms with Gasteiger partial charge in [0.15, 0.2) is 0 Å². The van der Waals surface area contributed by atoms with Crippen LogP contribution >= 0.6 is 0 Å². The Morgan fingerprint density at radius 1 is 0.932 bits per heavy atom. The van der Waals surface area contributed by atoms with E-state index in [4.69, 9.17) is 4.74 Å². The van der Waals surface area contributed by atoms with Gasteiger partial charge < -0.3 is 25.3 Å². The van der Waals surface area contributed by atoms with Crippen molar-refractivity contribution in [1.82, 2.24) is 20.5 Å². The summed E-state index contributed by atoms with van der Waals surface area (Å²) >= 11 is 0. The molecule has 8 nitrogen and oxygen atoms in total. The Kier molecular flexibility index (Phi) is 7.10. The first-order valence-electron chi connectivity index (χ1n) is 14.8. The zero-order valence-corrected chi connectivity index (χ0v) is 24.2. The molecule has 7 rings (SSSR count). The monoisotopic (exact) mass is 584 g/mol. The van der Waals surface area contributed by atoms with Crippen LogP contribution in [0.4, 0.5) is 0 Å². The summed E-state index contributed by atoms with van der Waals surface area (Å²) in [7, 11) is 1.59. The lowest BCUT2D eigenvalue weighted by molar-refractivity contribution is -0.132. The Labute approximate surface area is 255 Å². The molecule has 2 aliphatic rings. The van der Waals surface area contributed by atoms with E-state index >= 15 is 0 Å². The highest BCUT2D eigenvalue weighted by molar-refractivity contribution is 6.04. The molecule has 0 bridgehead atoms. The largest absolute Gasteiger partial charge is 0.496 e. The van der Waals surface area contributed by atoms with Crippen molar-refractivity contribution >= 4 is 28.6 Å². The molecule has 3 amide bonds. The van der Waals surface area contributed by atoms with Gasteiger partial charge in [-0.2, -0.15) is 0 Å². The van der Waals surface area contributed by atoms with E-state index in [-0.39, 0.29) is 24.3 Å². The molecule has 0 saturated carbocycles. The van der Waals surface area contributed by atoms with E-state index in [1.165, 1.54) is 0 Å². The SMILES string of the molecule is COc1ccccc1CNC(=O)[C@H](Cc1ccccc1)NC(=O)[C@@H]1Cc2c([nH]c3ccccc23)[C@H]2c3ccccc3C(=O)N21. The number of hydrogen-bond acceptors (Lipinski definition) is 4. The molecule has 4 aromatic carbocycles. The van der Waals surface area contributed by atoms with Gasteiger partial charge in [0.2, 0.25) is 11.8 Å². The van der Waals surface area contributed by atoms with Crippen LogP contribution in [-0.4, -0.2) is 46.8 Å². The quantitative estimate of drug-likeness (QED) is 0.246. The summed E-state index contributed by atoms with van der Waals surface area (Å²) in [5.41, 5.74) is 6.13. The van der Waals surface area contributed by atoms with E-state index in [1.807, 2.05) is 103 Å². The van der Waals surface area contributed by atoms with Gasteiger partial charge in [0, 0.05) is 47.1 Å². The molecular weight excluding hydrogens is 552 g/mol. The molecule has 3 atom stereocenters. The van der Waals surface area contributed by atoms with Gasteiger partial charge in [0.25, 0.3) is 5.91 Å². The number of fused-ring (bicyclic) bond motifs is 7. The highest BCUT2D eigenvalue weighted by Gasteiger charge is 2.49. The molecule has 3 heterocycles. The van der Waals surface area contributed by atoms with E-state index < -0.39 is 18.1 Å². The number of H-pyrrole nitrogens is 1. The van der Waals surface area contributed by atoms with Gasteiger partial charge >= 0.3 is 0 Å². The average Bonchev–Trinajstić information content (AvgIpc) is 3.58. The van der Waals surface area contributed by atoms with Crippen LogP contribution in [0.1, 0.15) is 44.3 Å². The molecular formula is C36H32N4O4. The van der Waals surface area contributed by atoms with Crippen molar-refractivity contribution in [1.29, 1.82) is 0 Å². The van der Waals surface area contributed by atoms with E-state index in [0.717, 1.165) is 38.9 Å². The number of benzene rings is 4. The first-order valence-corrected chi connectivity index (χ1v) is 14.8. The average molecular weight is 585 g/mol. The maximum absolute atomic E-state index is 14.3. The standard InChI is InChI=1S/C36H32N4O4/c1-44-31-18-10-5-13-23(31)21-37-34(41)29(19-22-11-3-2-4-12-22)39-35(42)30-20-27-24-14-8-9-17-28(24)38-32(27)33-25-15-6-7-16-26(25)36(43)40(30)33/h2-18,29-30,33,38H,19-21H2,1H3,(H,37,41)(H,39,42)/t29-,30-,33+/m0/s1. The Morgan fingerprint density at radius 2 is 1.66 bits per heavy atom. The van der Waals surface area contributed by atoms with E-state index in [2.05, 4.69) is 15.6 Å². The van der Waals surface area contributed by atoms with Crippen molar-refractivity contribution in [2.75, 3.05) is 7.11 Å². The second-order valence-corrected chi connectivity index (χ2v) is 11.3. The van der Waals surface area contributed by atoms with Gasteiger partial charge in [-0.05, 0) is 34.9 Å². The van der Waals surface area contributed by atoms with Gasteiger partial charge in [-0.25, -0.2) is 0 Å². The summed E-state index contributed by atoms with van der Waals surface area (Å²) in [5.74, 6) is -0.189. The van der Waals surface area contributed by atoms with Crippen LogP contribution in [-0.2, 0) is 29.0 Å². The molecule has 220 valence electrons. The predicted molar refractivity (Wildman–Crippen MR) is 167 cm³/mol. The maximum atomic E-state index is 14.3. The molecule has 0 saturated heterocycles. The van der Waals surface area contributed by atoms with Crippen molar-refractivity contribution in [2.24, 2.45) is 0 Å². The molecule has 8 heteroatoms. The zero-order chi connectivity index (χ0) is 30.2. The van der Waals surface area contributed by atoms with Crippen molar-refractivity contribution in [2.45, 2.75) is 37.5 Å². The number of carbonyl (C=O) groups is 3. The number of hydrogen-bond donors (Lipinski definition) is 3. The number of methoxy groups -OCH3 is 1. The third-order valence-electron chi connectivity index (χ3n) is 8.72. The number of amides is 3. The van der Waals surface area contributed by atoms with Gasteiger partial charge in [0.05, 0.1) is 13.2 Å². The number of nitrogens with one attached hydrogen (secondary N) is 3. The fourth-order valence-corrected chi connectivity index (χ4v) is 6.62. The number of aromatic amines is 1. The second kappa shape index (κ2) is 11.4. The molecule has 0 unspecified atom stereocenters. The lowest BCUT2D eigenvalue weighted by Crippen LogP contribution is -2.57. The van der Waals surface area contributed by atoms with E-state index in [9.17, 15) is 14.4 Å². The number of rotatable bonds is 8. The first kappa shape index (κ1) is 27.5. The minimum Gasteiger partial charge on any atom is -0.496 e. The van der Waals surface area contributed by atoms with Crippen LogP contribution in [0.3, 0.4) is 0 Å². The molecule has 0 spiro atoms. The highest BCUT2D eigenvalue weighted by Crippen LogP contribution is 2.46. The molecule has 3 N–H and O–H groups in total. The van der Waals surface area contributed by atoms with Gasteiger partial charge in [-0.1, -0.05) is 84.9 Å². The Morgan fingerprint density at radius 3 is 2.50 bits per heavy atom. The molecule has 0 radical (unpaired) electrons. The minimum atomic E-state index is -0.859. The van der Waals surface area contributed by atoms with Crippen LogP contribution in [0.25, 0.3) is 10.9 Å². The fraction of sp³-hybridized carbons (Fsp3) is 0.194. The van der Waals surface area contributed by atoms with Crippen LogP contribution < -0.4 is 15.4 Å². The maximum Gasteiger partial charge on any atom is 0.255 e. The Hall–Kier alpha value is -5.37. The summed E-state index contributed by atoms with van der Waals surface area (Å²) < 4.78 is 5.45. The molecule has 0 fully saturated rings. The van der Waals surface area contributed by atoms with Crippen LogP contribution in [0, 0.1) is 0 Å². The van der Waals surface area contributed by atoms with Gasteiger partial charge in [-0.3, -0.25) is 14.4 Å². The van der Waals surface area contributed by atoms with Crippen molar-refractivity contribution in [3.05, 3.63) is 137 Å². The second-order valence-electron chi connectivity index (χ2n) is 11.3.